The maximum atomic E-state index is 13.2. The van der Waals surface area contributed by atoms with Crippen LogP contribution in [0, 0.1) is 5.82 Å². The topological polar surface area (TPSA) is 37.0 Å². The van der Waals surface area contributed by atoms with Gasteiger partial charge in [0.25, 0.3) is 0 Å². The molecule has 0 aliphatic carbocycles. The Bertz CT molecular complexity index is 576. The molecule has 2 N–H and O–H groups in total. The number of hydrogen-bond donors (Lipinski definition) is 2. The maximum absolute atomic E-state index is 13.2. The van der Waals surface area contributed by atoms with Crippen molar-refractivity contribution in [2.45, 2.75) is 12.0 Å². The lowest BCUT2D eigenvalue weighted by Crippen LogP contribution is -2.24. The second-order valence-electron chi connectivity index (χ2n) is 4.56. The van der Waals surface area contributed by atoms with Crippen molar-refractivity contribution in [1.29, 1.82) is 0 Å². The second-order valence-corrected chi connectivity index (χ2v) is 4.97. The van der Waals surface area contributed by atoms with E-state index in [-0.39, 0.29) is 17.0 Å². The van der Waals surface area contributed by atoms with Crippen molar-refractivity contribution in [3.63, 3.8) is 0 Å². The molecule has 19 heavy (non-hydrogen) atoms. The van der Waals surface area contributed by atoms with Crippen LogP contribution < -0.4 is 10.9 Å². The first kappa shape index (κ1) is 12.5. The van der Waals surface area contributed by atoms with Crippen LogP contribution in [-0.4, -0.2) is 11.5 Å². The molecule has 2 unspecified atom stereocenters. The molecule has 0 bridgehead atoms. The second kappa shape index (κ2) is 5.25. The van der Waals surface area contributed by atoms with E-state index >= 15 is 0 Å². The largest absolute Gasteiger partial charge is 0.265 e. The first-order valence-corrected chi connectivity index (χ1v) is 6.47. The van der Waals surface area contributed by atoms with Gasteiger partial charge < -0.3 is 0 Å². The number of rotatable bonds is 2. The molecule has 2 aromatic rings. The van der Waals surface area contributed by atoms with E-state index in [2.05, 4.69) is 15.8 Å². The lowest BCUT2D eigenvalue weighted by Gasteiger charge is -2.19. The summed E-state index contributed by atoms with van der Waals surface area (Å²) in [5.74, 6) is -0.124. The highest BCUT2D eigenvalue weighted by Gasteiger charge is 2.29. The third kappa shape index (κ3) is 2.47. The quantitative estimate of drug-likeness (QED) is 0.886. The van der Waals surface area contributed by atoms with Crippen LogP contribution in [0.15, 0.2) is 42.7 Å². The lowest BCUT2D eigenvalue weighted by molar-refractivity contribution is 0.551. The molecule has 2 atom stereocenters. The third-order valence-electron chi connectivity index (χ3n) is 3.42. The Morgan fingerprint density at radius 3 is 2.68 bits per heavy atom. The van der Waals surface area contributed by atoms with Gasteiger partial charge in [-0.15, -0.1) is 0 Å². The molecule has 0 radical (unpaired) electrons. The summed E-state index contributed by atoms with van der Waals surface area (Å²) < 4.78 is 13.2. The molecular weight excluding hydrogens is 265 g/mol. The van der Waals surface area contributed by atoms with Gasteiger partial charge in [0.2, 0.25) is 0 Å². The zero-order chi connectivity index (χ0) is 13.2. The van der Waals surface area contributed by atoms with Crippen LogP contribution in [0.4, 0.5) is 4.39 Å². The summed E-state index contributed by atoms with van der Waals surface area (Å²) in [5, 5.41) is 0.152. The van der Waals surface area contributed by atoms with Crippen LogP contribution in [-0.2, 0) is 0 Å². The number of hydrazine groups is 1. The van der Waals surface area contributed by atoms with E-state index in [0.29, 0.717) is 0 Å². The van der Waals surface area contributed by atoms with E-state index in [4.69, 9.17) is 11.6 Å². The number of nitrogens with zero attached hydrogens (tertiary/aromatic N) is 1. The number of nitrogens with one attached hydrogen (secondary N) is 2. The van der Waals surface area contributed by atoms with Crippen molar-refractivity contribution < 1.29 is 4.39 Å². The zero-order valence-corrected chi connectivity index (χ0v) is 10.9. The molecule has 0 spiro atoms. The van der Waals surface area contributed by atoms with Crippen molar-refractivity contribution in [1.82, 2.24) is 15.8 Å². The van der Waals surface area contributed by atoms with Crippen molar-refractivity contribution >= 4 is 11.6 Å². The fourth-order valence-electron chi connectivity index (χ4n) is 2.44. The average molecular weight is 278 g/mol. The van der Waals surface area contributed by atoms with Gasteiger partial charge in [-0.2, -0.15) is 0 Å². The summed E-state index contributed by atoms with van der Waals surface area (Å²) in [6.07, 6.45) is 3.56. The van der Waals surface area contributed by atoms with Crippen LogP contribution in [0.5, 0.6) is 0 Å². The van der Waals surface area contributed by atoms with Gasteiger partial charge in [0.15, 0.2) is 0 Å². The van der Waals surface area contributed by atoms with Crippen molar-refractivity contribution in [2.24, 2.45) is 0 Å². The minimum absolute atomic E-state index is 0.0699. The molecule has 1 aliphatic heterocycles. The van der Waals surface area contributed by atoms with E-state index in [1.165, 1.54) is 11.6 Å². The van der Waals surface area contributed by atoms with E-state index in [1.54, 1.807) is 24.5 Å². The molecule has 0 saturated carbocycles. The van der Waals surface area contributed by atoms with Crippen LogP contribution in [0.3, 0.4) is 0 Å². The summed E-state index contributed by atoms with van der Waals surface area (Å²) in [6, 6.07) is 8.91. The van der Waals surface area contributed by atoms with E-state index in [9.17, 15) is 4.39 Å². The highest BCUT2D eigenvalue weighted by atomic mass is 35.5. The first-order valence-electron chi connectivity index (χ1n) is 6.09. The van der Waals surface area contributed by atoms with Gasteiger partial charge in [-0.3, -0.25) is 10.4 Å². The number of benzene rings is 1. The molecule has 2 heterocycles. The molecule has 1 aliphatic rings. The van der Waals surface area contributed by atoms with Crippen LogP contribution in [0.1, 0.15) is 23.1 Å². The van der Waals surface area contributed by atoms with Crippen LogP contribution in [0.25, 0.3) is 0 Å². The molecule has 1 fully saturated rings. The van der Waals surface area contributed by atoms with Crippen molar-refractivity contribution in [2.75, 3.05) is 6.54 Å². The fourth-order valence-corrected chi connectivity index (χ4v) is 2.63. The lowest BCUT2D eigenvalue weighted by atomic mass is 9.89. The fraction of sp³-hybridized carbons (Fsp3) is 0.214. The molecule has 1 saturated heterocycles. The SMILES string of the molecule is Fc1ccc(C2NNCC2c2ccncc2)cc1Cl. The molecule has 3 rings (SSSR count). The number of pyridine rings is 1. The minimum atomic E-state index is -0.392. The van der Waals surface area contributed by atoms with E-state index in [0.717, 1.165) is 12.1 Å². The Kier molecular flexibility index (Phi) is 3.46. The molecule has 3 nitrogen and oxygen atoms in total. The first-order chi connectivity index (χ1) is 9.25. The summed E-state index contributed by atoms with van der Waals surface area (Å²) >= 11 is 5.85. The maximum Gasteiger partial charge on any atom is 0.141 e. The highest BCUT2D eigenvalue weighted by Crippen LogP contribution is 2.34. The smallest absolute Gasteiger partial charge is 0.141 e. The Morgan fingerprint density at radius 1 is 1.16 bits per heavy atom. The molecule has 1 aromatic heterocycles. The van der Waals surface area contributed by atoms with Gasteiger partial charge in [-0.1, -0.05) is 17.7 Å². The summed E-state index contributed by atoms with van der Waals surface area (Å²) in [7, 11) is 0. The van der Waals surface area contributed by atoms with E-state index in [1.807, 2.05) is 12.1 Å². The van der Waals surface area contributed by atoms with Gasteiger partial charge in [0.05, 0.1) is 11.1 Å². The normalized spacial score (nSPS) is 22.6. The monoisotopic (exact) mass is 277 g/mol. The minimum Gasteiger partial charge on any atom is -0.265 e. The van der Waals surface area contributed by atoms with Gasteiger partial charge in [0, 0.05) is 24.9 Å². The average Bonchev–Trinajstić information content (AvgIpc) is 2.92. The Hall–Kier alpha value is -1.49. The van der Waals surface area contributed by atoms with Crippen LogP contribution >= 0.6 is 11.6 Å². The van der Waals surface area contributed by atoms with Gasteiger partial charge >= 0.3 is 0 Å². The molecule has 5 heteroatoms. The zero-order valence-electron chi connectivity index (χ0n) is 10.1. The summed E-state index contributed by atoms with van der Waals surface area (Å²) in [4.78, 5) is 4.03. The van der Waals surface area contributed by atoms with E-state index < -0.39 is 5.82 Å². The van der Waals surface area contributed by atoms with Gasteiger partial charge in [0.1, 0.15) is 5.82 Å². The predicted octanol–water partition coefficient (Wildman–Crippen LogP) is 2.81. The third-order valence-corrected chi connectivity index (χ3v) is 3.71. The molecule has 0 amide bonds. The Labute approximate surface area is 115 Å². The molecule has 98 valence electrons. The molecule has 1 aromatic carbocycles. The predicted molar refractivity (Wildman–Crippen MR) is 72.3 cm³/mol. The summed E-state index contributed by atoms with van der Waals surface area (Å²) in [6.45, 7) is 0.809. The number of aromatic nitrogens is 1. The Morgan fingerprint density at radius 2 is 1.95 bits per heavy atom. The molecular formula is C14H13ClFN3. The summed E-state index contributed by atoms with van der Waals surface area (Å²) in [5.41, 5.74) is 8.53. The Balaban J connectivity index is 1.93. The van der Waals surface area contributed by atoms with Gasteiger partial charge in [-0.05, 0) is 35.4 Å². The number of hydrogen-bond acceptors (Lipinski definition) is 3. The standard InChI is InChI=1S/C14H13ClFN3/c15-12-7-10(1-2-13(12)16)14-11(8-18-19-14)9-3-5-17-6-4-9/h1-7,11,14,18-19H,8H2. The number of halogens is 2. The van der Waals surface area contributed by atoms with Gasteiger partial charge in [-0.25, -0.2) is 9.82 Å². The van der Waals surface area contributed by atoms with Crippen molar-refractivity contribution in [3.8, 4) is 0 Å². The van der Waals surface area contributed by atoms with Crippen LogP contribution in [0.2, 0.25) is 5.02 Å². The van der Waals surface area contributed by atoms with Crippen molar-refractivity contribution in [3.05, 3.63) is 64.7 Å². The highest BCUT2D eigenvalue weighted by molar-refractivity contribution is 6.30.